The molecule has 0 saturated heterocycles. The molecule has 29 heavy (non-hydrogen) atoms. The largest absolute Gasteiger partial charge is 0.497 e. The van der Waals surface area contributed by atoms with Crippen LogP contribution >= 0.6 is 0 Å². The smallest absolute Gasteiger partial charge is 0.310 e. The van der Waals surface area contributed by atoms with E-state index in [1.165, 1.54) is 18.1 Å². The predicted molar refractivity (Wildman–Crippen MR) is 107 cm³/mol. The summed E-state index contributed by atoms with van der Waals surface area (Å²) in [7, 11) is 1.70. The second-order valence-electron chi connectivity index (χ2n) is 9.92. The molecule has 0 aromatic heterocycles. The number of carboxylic acids is 1. The van der Waals surface area contributed by atoms with Crippen LogP contribution in [0.1, 0.15) is 69.4 Å². The van der Waals surface area contributed by atoms with Gasteiger partial charge in [-0.1, -0.05) is 13.0 Å². The number of esters is 1. The fourth-order valence-corrected chi connectivity index (χ4v) is 8.26. The minimum atomic E-state index is -0.851. The highest BCUT2D eigenvalue weighted by Gasteiger charge is 2.80. The number of methoxy groups -OCH3 is 1. The molecule has 2 bridgehead atoms. The molecule has 4 aliphatic rings. The molecule has 3 fully saturated rings. The minimum Gasteiger partial charge on any atom is -0.497 e. The molecule has 6 atom stereocenters. The molecule has 1 aromatic carbocycles. The summed E-state index contributed by atoms with van der Waals surface area (Å²) in [6.07, 6.45) is 6.30. The van der Waals surface area contributed by atoms with Crippen molar-refractivity contribution in [2.45, 2.75) is 70.3 Å². The summed E-state index contributed by atoms with van der Waals surface area (Å²) in [5.41, 5.74) is 1.62. The van der Waals surface area contributed by atoms with E-state index in [1.807, 2.05) is 0 Å². The standard InChI is InChI=1S/C24H30O5/c1-14(25)29-24-11-10-23(13-20(24)21(26)27)19-7-4-15-12-16(28-3)5-6-17(15)18(19)8-9-22(23,24)2/h5-6,12,18-20H,4,7-11,13H2,1-3H3,(H,26,27)/t18-,19-,20+,22+,23+,24-/m1/s1. The zero-order valence-corrected chi connectivity index (χ0v) is 17.5. The van der Waals surface area contributed by atoms with Crippen LogP contribution in [0.3, 0.4) is 0 Å². The highest BCUT2D eigenvalue weighted by Crippen LogP contribution is 2.79. The molecule has 5 rings (SSSR count). The van der Waals surface area contributed by atoms with Gasteiger partial charge in [0.2, 0.25) is 0 Å². The van der Waals surface area contributed by atoms with E-state index in [2.05, 4.69) is 25.1 Å². The number of hydrogen-bond donors (Lipinski definition) is 1. The zero-order chi connectivity index (χ0) is 20.6. The van der Waals surface area contributed by atoms with E-state index in [0.29, 0.717) is 24.7 Å². The van der Waals surface area contributed by atoms with Gasteiger partial charge in [-0.15, -0.1) is 0 Å². The summed E-state index contributed by atoms with van der Waals surface area (Å²) in [5.74, 6) is 0.0582. The first-order valence-corrected chi connectivity index (χ1v) is 10.9. The predicted octanol–water partition coefficient (Wildman–Crippen LogP) is 4.33. The van der Waals surface area contributed by atoms with Crippen LogP contribution in [-0.4, -0.2) is 29.8 Å². The van der Waals surface area contributed by atoms with Gasteiger partial charge in [-0.3, -0.25) is 9.59 Å². The summed E-state index contributed by atoms with van der Waals surface area (Å²) < 4.78 is 11.4. The lowest BCUT2D eigenvalue weighted by Gasteiger charge is -2.56. The molecule has 3 saturated carbocycles. The quantitative estimate of drug-likeness (QED) is 0.768. The van der Waals surface area contributed by atoms with Gasteiger partial charge in [0.15, 0.2) is 0 Å². The number of carboxylic acid groups (broad SMARTS) is 1. The summed E-state index contributed by atoms with van der Waals surface area (Å²) in [6, 6.07) is 6.45. The Morgan fingerprint density at radius 3 is 2.66 bits per heavy atom. The van der Waals surface area contributed by atoms with Crippen molar-refractivity contribution in [3.8, 4) is 5.75 Å². The maximum absolute atomic E-state index is 12.3. The molecular weight excluding hydrogens is 368 g/mol. The average molecular weight is 398 g/mol. The number of benzene rings is 1. The molecule has 0 amide bonds. The Morgan fingerprint density at radius 1 is 1.17 bits per heavy atom. The Morgan fingerprint density at radius 2 is 1.97 bits per heavy atom. The van der Waals surface area contributed by atoms with E-state index in [4.69, 9.17) is 9.47 Å². The van der Waals surface area contributed by atoms with Crippen molar-refractivity contribution in [2.75, 3.05) is 7.11 Å². The number of hydrogen-bond acceptors (Lipinski definition) is 4. The summed E-state index contributed by atoms with van der Waals surface area (Å²) in [4.78, 5) is 24.3. The maximum atomic E-state index is 12.3. The highest BCUT2D eigenvalue weighted by atomic mass is 16.6. The number of aliphatic carboxylic acids is 1. The number of aryl methyl sites for hydroxylation is 1. The molecule has 0 radical (unpaired) electrons. The molecule has 156 valence electrons. The summed E-state index contributed by atoms with van der Waals surface area (Å²) >= 11 is 0. The summed E-state index contributed by atoms with van der Waals surface area (Å²) in [5, 5.41) is 10.1. The number of ether oxygens (including phenoxy) is 2. The van der Waals surface area contributed by atoms with Gasteiger partial charge in [-0.05, 0) is 85.5 Å². The first-order valence-electron chi connectivity index (χ1n) is 10.9. The van der Waals surface area contributed by atoms with Crippen molar-refractivity contribution < 1.29 is 24.2 Å². The van der Waals surface area contributed by atoms with E-state index in [9.17, 15) is 14.7 Å². The molecule has 0 unspecified atom stereocenters. The molecule has 5 heteroatoms. The molecule has 1 N–H and O–H groups in total. The minimum absolute atomic E-state index is 0.0635. The lowest BCUT2D eigenvalue weighted by molar-refractivity contribution is -0.186. The van der Waals surface area contributed by atoms with Crippen LogP contribution < -0.4 is 4.74 Å². The van der Waals surface area contributed by atoms with Gasteiger partial charge in [0.05, 0.1) is 13.0 Å². The number of carbonyl (C=O) groups is 2. The van der Waals surface area contributed by atoms with Gasteiger partial charge >= 0.3 is 11.9 Å². The average Bonchev–Trinajstić information content (AvgIpc) is 3.07. The second-order valence-corrected chi connectivity index (χ2v) is 9.92. The van der Waals surface area contributed by atoms with E-state index in [0.717, 1.165) is 37.9 Å². The lowest BCUT2D eigenvalue weighted by Crippen LogP contribution is -2.54. The first kappa shape index (κ1) is 19.0. The third-order valence-electron chi connectivity index (χ3n) is 9.36. The van der Waals surface area contributed by atoms with Gasteiger partial charge in [-0.2, -0.15) is 0 Å². The van der Waals surface area contributed by atoms with E-state index >= 15 is 0 Å². The van der Waals surface area contributed by atoms with Gasteiger partial charge in [-0.25, -0.2) is 0 Å². The van der Waals surface area contributed by atoms with Gasteiger partial charge < -0.3 is 14.6 Å². The van der Waals surface area contributed by atoms with E-state index in [-0.39, 0.29) is 16.8 Å². The van der Waals surface area contributed by atoms with Crippen molar-refractivity contribution in [3.05, 3.63) is 29.3 Å². The fourth-order valence-electron chi connectivity index (χ4n) is 8.26. The highest BCUT2D eigenvalue weighted by molar-refractivity contribution is 5.75. The van der Waals surface area contributed by atoms with Crippen LogP contribution in [0.15, 0.2) is 18.2 Å². The SMILES string of the molecule is COc1ccc2c(c1)CC[C@@H]1[C@@H]2CC[C@@]2(C)[C@]13CC[C@@]2(OC(C)=O)[C@H](C(=O)O)C3. The maximum Gasteiger partial charge on any atom is 0.310 e. The zero-order valence-electron chi connectivity index (χ0n) is 17.5. The van der Waals surface area contributed by atoms with Gasteiger partial charge in [0.25, 0.3) is 0 Å². The molecule has 0 aliphatic heterocycles. The fraction of sp³-hybridized carbons (Fsp3) is 0.667. The van der Waals surface area contributed by atoms with Crippen LogP contribution in [0.4, 0.5) is 0 Å². The molecule has 5 nitrogen and oxygen atoms in total. The number of fused-ring (bicyclic) bond motifs is 3. The molecular formula is C24H30O5. The Bertz CT molecular complexity index is 893. The van der Waals surface area contributed by atoms with Crippen LogP contribution in [0, 0.1) is 22.7 Å². The van der Waals surface area contributed by atoms with Gasteiger partial charge in [0.1, 0.15) is 11.4 Å². The first-order chi connectivity index (χ1) is 13.8. The summed E-state index contributed by atoms with van der Waals surface area (Å²) in [6.45, 7) is 3.65. The van der Waals surface area contributed by atoms with Crippen LogP contribution in [0.5, 0.6) is 5.75 Å². The Labute approximate surface area is 171 Å². The number of rotatable bonds is 3. The van der Waals surface area contributed by atoms with Crippen molar-refractivity contribution in [1.82, 2.24) is 0 Å². The second kappa shape index (κ2) is 5.99. The Hall–Kier alpha value is -2.04. The number of carbonyl (C=O) groups excluding carboxylic acids is 1. The van der Waals surface area contributed by atoms with Crippen molar-refractivity contribution in [1.29, 1.82) is 0 Å². The van der Waals surface area contributed by atoms with Crippen LogP contribution in [0.25, 0.3) is 0 Å². The van der Waals surface area contributed by atoms with E-state index in [1.54, 1.807) is 7.11 Å². The molecule has 0 spiro atoms. The van der Waals surface area contributed by atoms with E-state index < -0.39 is 17.5 Å². The van der Waals surface area contributed by atoms with Crippen molar-refractivity contribution in [3.63, 3.8) is 0 Å². The Balaban J connectivity index is 1.60. The van der Waals surface area contributed by atoms with Crippen LogP contribution in [-0.2, 0) is 20.7 Å². The molecule has 4 aliphatic carbocycles. The van der Waals surface area contributed by atoms with Gasteiger partial charge in [0, 0.05) is 12.3 Å². The molecule has 0 heterocycles. The third-order valence-corrected chi connectivity index (χ3v) is 9.36. The topological polar surface area (TPSA) is 72.8 Å². The van der Waals surface area contributed by atoms with Crippen molar-refractivity contribution >= 4 is 11.9 Å². The normalized spacial score (nSPS) is 41.8. The Kier molecular flexibility index (Phi) is 3.92. The third kappa shape index (κ3) is 2.17. The van der Waals surface area contributed by atoms with Crippen molar-refractivity contribution in [2.24, 2.45) is 22.7 Å². The molecule has 1 aromatic rings. The van der Waals surface area contributed by atoms with Crippen LogP contribution in [0.2, 0.25) is 0 Å². The monoisotopic (exact) mass is 398 g/mol. The lowest BCUT2D eigenvalue weighted by atomic mass is 9.48.